The maximum atomic E-state index is 12.6. The number of benzene rings is 2. The summed E-state index contributed by atoms with van der Waals surface area (Å²) in [5, 5.41) is 5.41. The number of carbonyl (C=O) groups excluding carboxylic acids is 3. The third-order valence-electron chi connectivity index (χ3n) is 5.39. The number of hydrogen-bond donors (Lipinski definition) is 3. The van der Waals surface area contributed by atoms with Crippen LogP contribution in [0.4, 0.5) is 11.4 Å². The van der Waals surface area contributed by atoms with Gasteiger partial charge in [-0.25, -0.2) is 0 Å². The molecule has 2 aromatic carbocycles. The van der Waals surface area contributed by atoms with Crippen LogP contribution in [0, 0.1) is 5.92 Å². The Morgan fingerprint density at radius 2 is 1.69 bits per heavy atom. The number of hydrogen-bond acceptors (Lipinski definition) is 5. The summed E-state index contributed by atoms with van der Waals surface area (Å²) in [6.07, 6.45) is 1.85. The Labute approximate surface area is 193 Å². The highest BCUT2D eigenvalue weighted by Gasteiger charge is 2.23. The van der Waals surface area contributed by atoms with Gasteiger partial charge in [0.05, 0.1) is 11.2 Å². The molecule has 1 aliphatic rings. The molecular weight excluding hydrogens is 424 g/mol. The Hall–Kier alpha value is -2.84. The topological polar surface area (TPSA) is 105 Å². The molecule has 7 nitrogen and oxygen atoms in total. The lowest BCUT2D eigenvalue weighted by Crippen LogP contribution is -2.40. The smallest absolute Gasteiger partial charge is 0.237 e. The Kier molecular flexibility index (Phi) is 8.30. The minimum atomic E-state index is -0.277. The molecule has 1 heterocycles. The summed E-state index contributed by atoms with van der Waals surface area (Å²) in [6, 6.07) is 15.2. The van der Waals surface area contributed by atoms with Gasteiger partial charge in [0.1, 0.15) is 0 Å². The lowest BCUT2D eigenvalue weighted by molar-refractivity contribution is -0.123. The zero-order valence-corrected chi connectivity index (χ0v) is 19.3. The van der Waals surface area contributed by atoms with Crippen molar-refractivity contribution in [2.45, 2.75) is 43.4 Å². The summed E-state index contributed by atoms with van der Waals surface area (Å²) >= 11 is 1.46. The summed E-state index contributed by atoms with van der Waals surface area (Å²) in [5.74, 6) is -0.477. The summed E-state index contributed by atoms with van der Waals surface area (Å²) in [5.41, 5.74) is 8.08. The minimum Gasteiger partial charge on any atom is -0.369 e. The molecule has 4 N–H and O–H groups in total. The lowest BCUT2D eigenvalue weighted by atomic mass is 9.97. The zero-order valence-electron chi connectivity index (χ0n) is 18.5. The van der Waals surface area contributed by atoms with E-state index in [0.29, 0.717) is 6.54 Å². The monoisotopic (exact) mass is 454 g/mol. The van der Waals surface area contributed by atoms with Gasteiger partial charge in [-0.2, -0.15) is 0 Å². The van der Waals surface area contributed by atoms with Gasteiger partial charge in [-0.15, -0.1) is 11.8 Å². The molecule has 2 unspecified atom stereocenters. The van der Waals surface area contributed by atoms with Crippen molar-refractivity contribution in [3.05, 3.63) is 54.1 Å². The average Bonchev–Trinajstić information content (AvgIpc) is 2.76. The van der Waals surface area contributed by atoms with Crippen LogP contribution < -0.4 is 16.4 Å². The van der Waals surface area contributed by atoms with E-state index in [1.54, 1.807) is 0 Å². The van der Waals surface area contributed by atoms with Crippen molar-refractivity contribution in [3.8, 4) is 0 Å². The number of nitrogens with one attached hydrogen (secondary N) is 2. The minimum absolute atomic E-state index is 0.0668. The van der Waals surface area contributed by atoms with Gasteiger partial charge in [0.25, 0.3) is 0 Å². The molecular formula is C24H30N4O3S. The maximum Gasteiger partial charge on any atom is 0.237 e. The molecule has 8 heteroatoms. The fourth-order valence-electron chi connectivity index (χ4n) is 3.70. The van der Waals surface area contributed by atoms with Gasteiger partial charge in [0.15, 0.2) is 0 Å². The predicted molar refractivity (Wildman–Crippen MR) is 128 cm³/mol. The van der Waals surface area contributed by atoms with Crippen molar-refractivity contribution in [2.24, 2.45) is 11.7 Å². The zero-order chi connectivity index (χ0) is 23.1. The Morgan fingerprint density at radius 1 is 1.06 bits per heavy atom. The van der Waals surface area contributed by atoms with E-state index < -0.39 is 0 Å². The van der Waals surface area contributed by atoms with E-state index in [0.717, 1.165) is 47.8 Å². The van der Waals surface area contributed by atoms with E-state index in [2.05, 4.69) is 15.5 Å². The molecule has 32 heavy (non-hydrogen) atoms. The first-order valence-corrected chi connectivity index (χ1v) is 11.6. The SMILES string of the molecule is CC(=O)Nc1ccc(SC(C)C(=O)Nc2ccc(CN3CCCC(C(N)=O)C3)cc2)cc1. The van der Waals surface area contributed by atoms with Crippen LogP contribution in [0.15, 0.2) is 53.4 Å². The number of nitrogens with zero attached hydrogens (tertiary/aromatic N) is 1. The second kappa shape index (κ2) is 11.2. The van der Waals surface area contributed by atoms with Crippen LogP contribution in [0.25, 0.3) is 0 Å². The Morgan fingerprint density at radius 3 is 2.31 bits per heavy atom. The summed E-state index contributed by atoms with van der Waals surface area (Å²) in [6.45, 7) is 5.76. The van der Waals surface area contributed by atoms with Gasteiger partial charge in [-0.3, -0.25) is 19.3 Å². The fraction of sp³-hybridized carbons (Fsp3) is 0.375. The number of amides is 3. The number of likely N-dealkylation sites (tertiary alicyclic amines) is 1. The first-order chi connectivity index (χ1) is 15.3. The van der Waals surface area contributed by atoms with E-state index in [9.17, 15) is 14.4 Å². The highest BCUT2D eigenvalue weighted by Crippen LogP contribution is 2.26. The van der Waals surface area contributed by atoms with Gasteiger partial charge >= 0.3 is 0 Å². The van der Waals surface area contributed by atoms with Crippen LogP contribution in [-0.2, 0) is 20.9 Å². The standard InChI is InChI=1S/C24H30N4O3S/c1-16(32-22-11-9-20(10-12-22)26-17(2)29)24(31)27-21-7-5-18(6-8-21)14-28-13-3-4-19(15-28)23(25)30/h5-12,16,19H,3-4,13-15H2,1-2H3,(H2,25,30)(H,26,29)(H,27,31). The lowest BCUT2D eigenvalue weighted by Gasteiger charge is -2.31. The molecule has 0 spiro atoms. The molecule has 1 saturated heterocycles. The Bertz CT molecular complexity index is 947. The van der Waals surface area contributed by atoms with E-state index in [-0.39, 0.29) is 28.9 Å². The molecule has 3 amide bonds. The number of thioether (sulfide) groups is 1. The highest BCUT2D eigenvalue weighted by atomic mass is 32.2. The van der Waals surface area contributed by atoms with Crippen LogP contribution in [0.2, 0.25) is 0 Å². The second-order valence-corrected chi connectivity index (χ2v) is 9.54. The fourth-order valence-corrected chi connectivity index (χ4v) is 4.57. The number of carbonyl (C=O) groups is 3. The van der Waals surface area contributed by atoms with Crippen molar-refractivity contribution in [2.75, 3.05) is 23.7 Å². The predicted octanol–water partition coefficient (Wildman–Crippen LogP) is 3.46. The largest absolute Gasteiger partial charge is 0.369 e. The third kappa shape index (κ3) is 7.10. The number of primary amides is 1. The van der Waals surface area contributed by atoms with Crippen LogP contribution >= 0.6 is 11.8 Å². The van der Waals surface area contributed by atoms with Gasteiger partial charge in [-0.05, 0) is 68.3 Å². The molecule has 1 fully saturated rings. The normalized spacial score (nSPS) is 17.4. The summed E-state index contributed by atoms with van der Waals surface area (Å²) in [7, 11) is 0. The van der Waals surface area contributed by atoms with Crippen molar-refractivity contribution < 1.29 is 14.4 Å². The van der Waals surface area contributed by atoms with E-state index >= 15 is 0 Å². The number of anilines is 2. The maximum absolute atomic E-state index is 12.6. The van der Waals surface area contributed by atoms with Crippen molar-refractivity contribution >= 4 is 40.9 Å². The van der Waals surface area contributed by atoms with E-state index in [1.807, 2.05) is 55.5 Å². The van der Waals surface area contributed by atoms with Crippen molar-refractivity contribution in [1.29, 1.82) is 0 Å². The van der Waals surface area contributed by atoms with Gasteiger partial charge in [-0.1, -0.05) is 12.1 Å². The third-order valence-corrected chi connectivity index (χ3v) is 6.50. The van der Waals surface area contributed by atoms with Crippen LogP contribution in [0.1, 0.15) is 32.3 Å². The van der Waals surface area contributed by atoms with Gasteiger partial charge in [0.2, 0.25) is 17.7 Å². The van der Waals surface area contributed by atoms with Crippen LogP contribution in [0.3, 0.4) is 0 Å². The van der Waals surface area contributed by atoms with Crippen molar-refractivity contribution in [3.63, 3.8) is 0 Å². The molecule has 170 valence electrons. The molecule has 2 atom stereocenters. The number of rotatable bonds is 8. The molecule has 3 rings (SSSR count). The molecule has 2 aromatic rings. The molecule has 0 bridgehead atoms. The number of piperidine rings is 1. The second-order valence-electron chi connectivity index (χ2n) is 8.13. The molecule has 0 aromatic heterocycles. The van der Waals surface area contributed by atoms with Crippen LogP contribution in [-0.4, -0.2) is 41.0 Å². The van der Waals surface area contributed by atoms with Gasteiger partial charge < -0.3 is 16.4 Å². The molecule has 0 saturated carbocycles. The molecule has 0 aliphatic carbocycles. The average molecular weight is 455 g/mol. The van der Waals surface area contributed by atoms with E-state index in [4.69, 9.17) is 5.73 Å². The highest BCUT2D eigenvalue weighted by molar-refractivity contribution is 8.00. The first kappa shape index (κ1) is 23.8. The Balaban J connectivity index is 1.49. The van der Waals surface area contributed by atoms with Crippen LogP contribution in [0.5, 0.6) is 0 Å². The number of nitrogens with two attached hydrogens (primary N) is 1. The van der Waals surface area contributed by atoms with Gasteiger partial charge in [0, 0.05) is 36.3 Å². The first-order valence-electron chi connectivity index (χ1n) is 10.8. The summed E-state index contributed by atoms with van der Waals surface area (Å²) < 4.78 is 0. The molecule has 1 aliphatic heterocycles. The molecule has 0 radical (unpaired) electrons. The summed E-state index contributed by atoms with van der Waals surface area (Å²) in [4.78, 5) is 38.4. The van der Waals surface area contributed by atoms with E-state index in [1.165, 1.54) is 18.7 Å². The quantitative estimate of drug-likeness (QED) is 0.530. The van der Waals surface area contributed by atoms with Crippen molar-refractivity contribution in [1.82, 2.24) is 4.90 Å².